The van der Waals surface area contributed by atoms with E-state index in [4.69, 9.17) is 5.73 Å². The van der Waals surface area contributed by atoms with Crippen molar-refractivity contribution in [1.82, 2.24) is 9.80 Å². The van der Waals surface area contributed by atoms with Crippen molar-refractivity contribution in [3.8, 4) is 0 Å². The van der Waals surface area contributed by atoms with E-state index >= 15 is 0 Å². The summed E-state index contributed by atoms with van der Waals surface area (Å²) in [6.45, 7) is 4.34. The molecule has 5 nitrogen and oxygen atoms in total. The highest BCUT2D eigenvalue weighted by atomic mass is 16.2. The molecule has 0 aromatic heterocycles. The van der Waals surface area contributed by atoms with E-state index in [0.29, 0.717) is 38.2 Å². The molecule has 0 unspecified atom stereocenters. The van der Waals surface area contributed by atoms with Crippen LogP contribution in [0.1, 0.15) is 27.9 Å². The van der Waals surface area contributed by atoms with Crippen LogP contribution in [-0.4, -0.2) is 53.8 Å². The van der Waals surface area contributed by atoms with E-state index in [2.05, 4.69) is 0 Å². The zero-order chi connectivity index (χ0) is 19.2. The topological polar surface area (TPSA) is 66.6 Å². The van der Waals surface area contributed by atoms with Gasteiger partial charge in [-0.15, -0.1) is 0 Å². The smallest absolute Gasteiger partial charge is 0.253 e. The molecule has 142 valence electrons. The van der Waals surface area contributed by atoms with Crippen LogP contribution in [0.4, 0.5) is 0 Å². The molecule has 3 rings (SSSR count). The summed E-state index contributed by atoms with van der Waals surface area (Å²) in [6, 6.07) is 16.9. The number of hydrogen-bond donors (Lipinski definition) is 1. The number of rotatable bonds is 4. The zero-order valence-corrected chi connectivity index (χ0v) is 15.8. The van der Waals surface area contributed by atoms with Gasteiger partial charge in [0.2, 0.25) is 5.91 Å². The third kappa shape index (κ3) is 4.95. The minimum absolute atomic E-state index is 0.0292. The quantitative estimate of drug-likeness (QED) is 0.904. The van der Waals surface area contributed by atoms with E-state index in [0.717, 1.165) is 17.5 Å². The van der Waals surface area contributed by atoms with Crippen molar-refractivity contribution in [2.45, 2.75) is 25.8 Å². The Morgan fingerprint density at radius 3 is 2.41 bits per heavy atom. The number of benzene rings is 2. The molecule has 0 aliphatic carbocycles. The molecule has 2 N–H and O–H groups in total. The lowest BCUT2D eigenvalue weighted by atomic mass is 10.1. The van der Waals surface area contributed by atoms with Crippen LogP contribution in [0.15, 0.2) is 54.6 Å². The van der Waals surface area contributed by atoms with Gasteiger partial charge in [-0.05, 0) is 37.5 Å². The number of nitrogens with zero attached hydrogens (tertiary/aromatic N) is 2. The highest BCUT2D eigenvalue weighted by Crippen LogP contribution is 2.12. The highest BCUT2D eigenvalue weighted by Gasteiger charge is 2.26. The Bertz CT molecular complexity index is 791. The van der Waals surface area contributed by atoms with Crippen LogP contribution in [0.3, 0.4) is 0 Å². The Balaban J connectivity index is 1.59. The van der Waals surface area contributed by atoms with Gasteiger partial charge >= 0.3 is 0 Å². The molecule has 5 heteroatoms. The summed E-state index contributed by atoms with van der Waals surface area (Å²) in [6.07, 6.45) is 1.30. The molecular weight excluding hydrogens is 338 g/mol. The number of nitrogens with two attached hydrogens (primary N) is 1. The molecule has 1 saturated heterocycles. The molecule has 0 saturated carbocycles. The van der Waals surface area contributed by atoms with Crippen molar-refractivity contribution in [3.05, 3.63) is 71.3 Å². The fraction of sp³-hybridized carbons (Fsp3) is 0.364. The number of aryl methyl sites for hydroxylation is 1. The number of carbonyl (C=O) groups is 2. The third-order valence-corrected chi connectivity index (χ3v) is 4.98. The van der Waals surface area contributed by atoms with Gasteiger partial charge in [-0.3, -0.25) is 9.59 Å². The van der Waals surface area contributed by atoms with Crippen LogP contribution in [0, 0.1) is 6.92 Å². The van der Waals surface area contributed by atoms with Crippen LogP contribution in [0.25, 0.3) is 0 Å². The van der Waals surface area contributed by atoms with E-state index in [9.17, 15) is 9.59 Å². The molecule has 1 aliphatic rings. The van der Waals surface area contributed by atoms with Gasteiger partial charge < -0.3 is 15.5 Å². The van der Waals surface area contributed by atoms with Gasteiger partial charge in [-0.2, -0.15) is 0 Å². The van der Waals surface area contributed by atoms with Gasteiger partial charge in [0.05, 0.1) is 6.04 Å². The fourth-order valence-corrected chi connectivity index (χ4v) is 3.49. The van der Waals surface area contributed by atoms with Crippen molar-refractivity contribution < 1.29 is 9.59 Å². The Kier molecular flexibility index (Phi) is 6.24. The van der Waals surface area contributed by atoms with Crippen LogP contribution in [0.2, 0.25) is 0 Å². The molecule has 2 amide bonds. The Hall–Kier alpha value is -2.66. The van der Waals surface area contributed by atoms with Gasteiger partial charge in [0.25, 0.3) is 5.91 Å². The molecular formula is C22H27N3O2. The number of amides is 2. The van der Waals surface area contributed by atoms with Gasteiger partial charge in [0.15, 0.2) is 0 Å². The summed E-state index contributed by atoms with van der Waals surface area (Å²) < 4.78 is 0. The third-order valence-electron chi connectivity index (χ3n) is 4.98. The van der Waals surface area contributed by atoms with Crippen molar-refractivity contribution >= 4 is 11.8 Å². The molecule has 1 atom stereocenters. The molecule has 0 radical (unpaired) electrons. The Morgan fingerprint density at radius 1 is 0.963 bits per heavy atom. The average molecular weight is 365 g/mol. The fourth-order valence-electron chi connectivity index (χ4n) is 3.49. The lowest BCUT2D eigenvalue weighted by Crippen LogP contribution is -2.46. The van der Waals surface area contributed by atoms with E-state index in [-0.39, 0.29) is 11.8 Å². The van der Waals surface area contributed by atoms with Gasteiger partial charge in [0, 0.05) is 31.7 Å². The second-order valence-corrected chi connectivity index (χ2v) is 7.14. The molecule has 0 spiro atoms. The summed E-state index contributed by atoms with van der Waals surface area (Å²) in [5.41, 5.74) is 8.99. The van der Waals surface area contributed by atoms with Crippen molar-refractivity contribution in [3.63, 3.8) is 0 Å². The monoisotopic (exact) mass is 365 g/mol. The van der Waals surface area contributed by atoms with Crippen LogP contribution in [-0.2, 0) is 11.2 Å². The summed E-state index contributed by atoms with van der Waals surface area (Å²) in [4.78, 5) is 29.1. The standard InChI is InChI=1S/C22H27N3O2/c1-17-7-5-10-19(15-17)21(26)24-11-6-12-25(14-13-24)22(27)20(23)16-18-8-3-2-4-9-18/h2-5,7-10,15,20H,6,11-14,16,23H2,1H3/t20-/m0/s1. The van der Waals surface area contributed by atoms with Gasteiger partial charge in [-0.1, -0.05) is 48.0 Å². The van der Waals surface area contributed by atoms with E-state index in [1.165, 1.54) is 0 Å². The SMILES string of the molecule is Cc1cccc(C(=O)N2CCCN(C(=O)[C@@H](N)Cc3ccccc3)CC2)c1. The van der Waals surface area contributed by atoms with Crippen molar-refractivity contribution in [2.75, 3.05) is 26.2 Å². The highest BCUT2D eigenvalue weighted by molar-refractivity contribution is 5.94. The largest absolute Gasteiger partial charge is 0.339 e. The molecule has 0 bridgehead atoms. The van der Waals surface area contributed by atoms with E-state index in [1.807, 2.05) is 66.4 Å². The summed E-state index contributed by atoms with van der Waals surface area (Å²) in [7, 11) is 0. The molecule has 2 aromatic rings. The second-order valence-electron chi connectivity index (χ2n) is 7.14. The number of carbonyl (C=O) groups excluding carboxylic acids is 2. The molecule has 1 heterocycles. The Labute approximate surface area is 160 Å². The lowest BCUT2D eigenvalue weighted by Gasteiger charge is -2.25. The van der Waals surface area contributed by atoms with Gasteiger partial charge in [0.1, 0.15) is 0 Å². The summed E-state index contributed by atoms with van der Waals surface area (Å²) >= 11 is 0. The summed E-state index contributed by atoms with van der Waals surface area (Å²) in [5.74, 6) is -0.00899. The first-order valence-corrected chi connectivity index (χ1v) is 9.49. The first-order valence-electron chi connectivity index (χ1n) is 9.49. The maximum atomic E-state index is 12.8. The average Bonchev–Trinajstić information content (AvgIpc) is 2.94. The number of hydrogen-bond acceptors (Lipinski definition) is 3. The molecule has 2 aromatic carbocycles. The minimum Gasteiger partial charge on any atom is -0.339 e. The second kappa shape index (κ2) is 8.82. The van der Waals surface area contributed by atoms with Crippen LogP contribution >= 0.6 is 0 Å². The maximum Gasteiger partial charge on any atom is 0.253 e. The van der Waals surface area contributed by atoms with Crippen LogP contribution in [0.5, 0.6) is 0 Å². The first-order chi connectivity index (χ1) is 13.0. The van der Waals surface area contributed by atoms with E-state index < -0.39 is 6.04 Å². The zero-order valence-electron chi connectivity index (χ0n) is 15.8. The first kappa shape index (κ1) is 19.1. The Morgan fingerprint density at radius 2 is 1.67 bits per heavy atom. The lowest BCUT2D eigenvalue weighted by molar-refractivity contribution is -0.132. The van der Waals surface area contributed by atoms with Crippen LogP contribution < -0.4 is 5.73 Å². The van der Waals surface area contributed by atoms with E-state index in [1.54, 1.807) is 4.90 Å². The summed E-state index contributed by atoms with van der Waals surface area (Å²) in [5, 5.41) is 0. The van der Waals surface area contributed by atoms with Gasteiger partial charge in [-0.25, -0.2) is 0 Å². The van der Waals surface area contributed by atoms with Crippen molar-refractivity contribution in [1.29, 1.82) is 0 Å². The van der Waals surface area contributed by atoms with Crippen molar-refractivity contribution in [2.24, 2.45) is 5.73 Å². The maximum absolute atomic E-state index is 12.8. The normalized spacial score (nSPS) is 15.9. The molecule has 1 fully saturated rings. The molecule has 27 heavy (non-hydrogen) atoms. The molecule has 1 aliphatic heterocycles. The minimum atomic E-state index is -0.550. The predicted octanol–water partition coefficient (Wildman–Crippen LogP) is 2.24. The predicted molar refractivity (Wildman–Crippen MR) is 106 cm³/mol.